The smallest absolute Gasteiger partial charge is 0.0558 e. The van der Waals surface area contributed by atoms with Crippen LogP contribution in [0.2, 0.25) is 0 Å². The van der Waals surface area contributed by atoms with Crippen molar-refractivity contribution in [1.29, 1.82) is 0 Å². The van der Waals surface area contributed by atoms with Gasteiger partial charge in [-0.15, -0.1) is 0 Å². The molecule has 2 heteroatoms. The van der Waals surface area contributed by atoms with E-state index in [4.69, 9.17) is 5.73 Å². The Balaban J connectivity index is 2.24. The molecule has 0 bridgehead atoms. The van der Waals surface area contributed by atoms with E-state index < -0.39 is 0 Å². The fourth-order valence-corrected chi connectivity index (χ4v) is 2.69. The van der Waals surface area contributed by atoms with Crippen LogP contribution in [0.15, 0.2) is 24.3 Å². The maximum Gasteiger partial charge on any atom is 0.0558 e. The summed E-state index contributed by atoms with van der Waals surface area (Å²) in [4.78, 5) is 0. The minimum Gasteiger partial charge on any atom is -0.393 e. The molecule has 3 N–H and O–H groups in total. The number of hydrogen-bond acceptors (Lipinski definition) is 2. The van der Waals surface area contributed by atoms with Gasteiger partial charge in [0.1, 0.15) is 0 Å². The van der Waals surface area contributed by atoms with E-state index >= 15 is 0 Å². The molecular formula is C15H23NO. The third-order valence-electron chi connectivity index (χ3n) is 4.01. The summed E-state index contributed by atoms with van der Waals surface area (Å²) in [6.45, 7) is 7.27. The average Bonchev–Trinajstić information content (AvgIpc) is 2.23. The Labute approximate surface area is 104 Å². The van der Waals surface area contributed by atoms with Crippen molar-refractivity contribution in [2.75, 3.05) is 6.54 Å². The first-order valence-electron chi connectivity index (χ1n) is 6.36. The Morgan fingerprint density at radius 3 is 2.12 bits per heavy atom. The number of aliphatic hydroxyl groups excluding tert-OH is 1. The van der Waals surface area contributed by atoms with Crippen LogP contribution in [0.4, 0.5) is 0 Å². The number of rotatable bonds is 2. The zero-order valence-electron chi connectivity index (χ0n) is 11.0. The third-order valence-corrected chi connectivity index (χ3v) is 4.01. The quantitative estimate of drug-likeness (QED) is 0.823. The van der Waals surface area contributed by atoms with Crippen molar-refractivity contribution in [3.8, 4) is 0 Å². The van der Waals surface area contributed by atoms with Crippen LogP contribution in [-0.2, 0) is 10.8 Å². The first-order valence-corrected chi connectivity index (χ1v) is 6.36. The van der Waals surface area contributed by atoms with E-state index in [1.165, 1.54) is 11.1 Å². The van der Waals surface area contributed by atoms with Crippen LogP contribution in [0.5, 0.6) is 0 Å². The van der Waals surface area contributed by atoms with Gasteiger partial charge in [0.25, 0.3) is 0 Å². The highest BCUT2D eigenvalue weighted by Gasteiger charge is 2.43. The van der Waals surface area contributed by atoms with Crippen LogP contribution < -0.4 is 5.73 Å². The average molecular weight is 233 g/mol. The van der Waals surface area contributed by atoms with E-state index in [2.05, 4.69) is 45.0 Å². The van der Waals surface area contributed by atoms with E-state index in [9.17, 15) is 5.11 Å². The van der Waals surface area contributed by atoms with Crippen molar-refractivity contribution >= 4 is 0 Å². The summed E-state index contributed by atoms with van der Waals surface area (Å²) in [5, 5.41) is 9.50. The SMILES string of the molecule is CC(C)(C)c1ccc(C2(CN)CC(O)C2)cc1. The number of hydrogen-bond donors (Lipinski definition) is 2. The van der Waals surface area contributed by atoms with Gasteiger partial charge >= 0.3 is 0 Å². The highest BCUT2D eigenvalue weighted by Crippen LogP contribution is 2.43. The molecule has 1 aromatic rings. The molecule has 0 radical (unpaired) electrons. The summed E-state index contributed by atoms with van der Waals surface area (Å²) < 4.78 is 0. The summed E-state index contributed by atoms with van der Waals surface area (Å²) in [5.74, 6) is 0. The van der Waals surface area contributed by atoms with Crippen molar-refractivity contribution in [3.63, 3.8) is 0 Å². The van der Waals surface area contributed by atoms with Crippen molar-refractivity contribution in [1.82, 2.24) is 0 Å². The van der Waals surface area contributed by atoms with Crippen molar-refractivity contribution < 1.29 is 5.11 Å². The molecule has 2 nitrogen and oxygen atoms in total. The predicted octanol–water partition coefficient (Wildman–Crippen LogP) is 2.34. The van der Waals surface area contributed by atoms with Gasteiger partial charge < -0.3 is 10.8 Å². The molecule has 0 amide bonds. The maximum atomic E-state index is 9.50. The standard InChI is InChI=1S/C15H23NO/c1-14(2,3)11-4-6-12(7-5-11)15(10-16)8-13(17)9-15/h4-7,13,17H,8-10,16H2,1-3H3. The van der Waals surface area contributed by atoms with Crippen LogP contribution in [0, 0.1) is 0 Å². The Bertz CT molecular complexity index is 382. The van der Waals surface area contributed by atoms with Crippen LogP contribution in [-0.4, -0.2) is 17.8 Å². The number of nitrogens with two attached hydrogens (primary N) is 1. The molecule has 0 heterocycles. The van der Waals surface area contributed by atoms with Gasteiger partial charge in [-0.2, -0.15) is 0 Å². The molecule has 1 aliphatic carbocycles. The van der Waals surface area contributed by atoms with Gasteiger partial charge in [0.05, 0.1) is 6.10 Å². The molecule has 0 spiro atoms. The lowest BCUT2D eigenvalue weighted by molar-refractivity contribution is 0.0221. The van der Waals surface area contributed by atoms with E-state index in [1.54, 1.807) is 0 Å². The lowest BCUT2D eigenvalue weighted by Gasteiger charge is -2.45. The molecule has 0 aliphatic heterocycles. The Morgan fingerprint density at radius 2 is 1.76 bits per heavy atom. The van der Waals surface area contributed by atoms with E-state index in [0.29, 0.717) is 6.54 Å². The molecule has 17 heavy (non-hydrogen) atoms. The Hall–Kier alpha value is -0.860. The van der Waals surface area contributed by atoms with E-state index in [1.807, 2.05) is 0 Å². The second kappa shape index (κ2) is 4.11. The van der Waals surface area contributed by atoms with Crippen LogP contribution >= 0.6 is 0 Å². The molecule has 1 fully saturated rings. The fourth-order valence-electron chi connectivity index (χ4n) is 2.69. The van der Waals surface area contributed by atoms with Gasteiger partial charge in [-0.25, -0.2) is 0 Å². The van der Waals surface area contributed by atoms with Crippen LogP contribution in [0.25, 0.3) is 0 Å². The summed E-state index contributed by atoms with van der Waals surface area (Å²) in [5.41, 5.74) is 8.70. The van der Waals surface area contributed by atoms with Gasteiger partial charge in [0, 0.05) is 12.0 Å². The zero-order valence-corrected chi connectivity index (χ0v) is 11.0. The summed E-state index contributed by atoms with van der Waals surface area (Å²) in [6.07, 6.45) is 1.44. The first kappa shape index (κ1) is 12.6. The van der Waals surface area contributed by atoms with Gasteiger partial charge in [-0.05, 0) is 29.4 Å². The largest absolute Gasteiger partial charge is 0.393 e. The van der Waals surface area contributed by atoms with Gasteiger partial charge in [-0.3, -0.25) is 0 Å². The molecule has 0 unspecified atom stereocenters. The molecular weight excluding hydrogens is 210 g/mol. The molecule has 1 aliphatic rings. The van der Waals surface area contributed by atoms with Crippen molar-refractivity contribution in [2.45, 2.75) is 50.5 Å². The van der Waals surface area contributed by atoms with Gasteiger partial charge in [0.2, 0.25) is 0 Å². The second-order valence-corrected chi connectivity index (χ2v) is 6.37. The highest BCUT2D eigenvalue weighted by atomic mass is 16.3. The maximum absolute atomic E-state index is 9.50. The van der Waals surface area contributed by atoms with Crippen molar-refractivity contribution in [3.05, 3.63) is 35.4 Å². The minimum absolute atomic E-state index is 0.0236. The molecule has 0 saturated heterocycles. The van der Waals surface area contributed by atoms with Gasteiger partial charge in [0.15, 0.2) is 0 Å². The van der Waals surface area contributed by atoms with Crippen molar-refractivity contribution in [2.24, 2.45) is 5.73 Å². The Kier molecular flexibility index (Phi) is 3.04. The number of aliphatic hydroxyl groups is 1. The minimum atomic E-state index is -0.166. The molecule has 0 atom stereocenters. The third kappa shape index (κ3) is 2.24. The monoisotopic (exact) mass is 233 g/mol. The second-order valence-electron chi connectivity index (χ2n) is 6.37. The van der Waals surface area contributed by atoms with Gasteiger partial charge in [-0.1, -0.05) is 45.0 Å². The van der Waals surface area contributed by atoms with E-state index in [0.717, 1.165) is 12.8 Å². The summed E-state index contributed by atoms with van der Waals surface area (Å²) >= 11 is 0. The predicted molar refractivity (Wildman–Crippen MR) is 71.1 cm³/mol. The summed E-state index contributed by atoms with van der Waals surface area (Å²) in [6, 6.07) is 8.74. The number of benzene rings is 1. The normalized spacial score (nSPS) is 28.9. The highest BCUT2D eigenvalue weighted by molar-refractivity contribution is 5.34. The van der Waals surface area contributed by atoms with Crippen LogP contribution in [0.1, 0.15) is 44.7 Å². The molecule has 1 saturated carbocycles. The van der Waals surface area contributed by atoms with E-state index in [-0.39, 0.29) is 16.9 Å². The molecule has 0 aromatic heterocycles. The first-order chi connectivity index (χ1) is 7.87. The molecule has 94 valence electrons. The Morgan fingerprint density at radius 1 is 1.24 bits per heavy atom. The fraction of sp³-hybridized carbons (Fsp3) is 0.600. The lowest BCUT2D eigenvalue weighted by Crippen LogP contribution is -2.49. The summed E-state index contributed by atoms with van der Waals surface area (Å²) in [7, 11) is 0. The molecule has 2 rings (SSSR count). The van der Waals surface area contributed by atoms with Crippen LogP contribution in [0.3, 0.4) is 0 Å². The lowest BCUT2D eigenvalue weighted by atomic mass is 9.62. The molecule has 1 aromatic carbocycles. The topological polar surface area (TPSA) is 46.2 Å². The zero-order chi connectivity index (χ0) is 12.7.